The number of non-ortho nitro benzene ring substituents is 1. The molecule has 0 aliphatic heterocycles. The Morgan fingerprint density at radius 2 is 1.88 bits per heavy atom. The minimum absolute atomic E-state index is 0.0597. The van der Waals surface area contributed by atoms with Crippen LogP contribution in [0.1, 0.15) is 16.1 Å². The molecule has 34 heavy (non-hydrogen) atoms. The second-order valence-electron chi connectivity index (χ2n) is 7.21. The number of amides is 1. The third-order valence-electron chi connectivity index (χ3n) is 5.11. The lowest BCUT2D eigenvalue weighted by Gasteiger charge is -2.09. The van der Waals surface area contributed by atoms with Crippen LogP contribution in [0, 0.1) is 10.1 Å². The molecule has 2 aromatic heterocycles. The molecule has 10 heteroatoms. The number of nitrogens with one attached hydrogen (secondary N) is 1. The zero-order valence-electron chi connectivity index (χ0n) is 18.5. The van der Waals surface area contributed by atoms with E-state index in [0.717, 1.165) is 5.56 Å². The molecule has 4 rings (SSSR count). The van der Waals surface area contributed by atoms with Crippen molar-refractivity contribution in [2.45, 2.75) is 6.54 Å². The number of ether oxygens (including phenoxy) is 2. The van der Waals surface area contributed by atoms with Crippen molar-refractivity contribution in [2.24, 2.45) is 0 Å². The average molecular weight is 459 g/mol. The molecule has 0 fully saturated rings. The van der Waals surface area contributed by atoms with Crippen LogP contribution in [0.4, 0.5) is 5.69 Å². The van der Waals surface area contributed by atoms with Crippen LogP contribution in [-0.2, 0) is 6.54 Å². The highest BCUT2D eigenvalue weighted by Crippen LogP contribution is 2.33. The fraction of sp³-hybridized carbons (Fsp3) is 0.125. The molecular formula is C24H21N5O5. The van der Waals surface area contributed by atoms with E-state index in [-0.39, 0.29) is 23.8 Å². The van der Waals surface area contributed by atoms with Gasteiger partial charge in [-0.05, 0) is 42.0 Å². The van der Waals surface area contributed by atoms with Crippen LogP contribution >= 0.6 is 0 Å². The highest BCUT2D eigenvalue weighted by Gasteiger charge is 2.20. The Hall–Kier alpha value is -4.73. The van der Waals surface area contributed by atoms with Crippen molar-refractivity contribution in [1.29, 1.82) is 0 Å². The van der Waals surface area contributed by atoms with Crippen molar-refractivity contribution in [3.8, 4) is 28.4 Å². The molecule has 0 bridgehead atoms. The number of nitro groups is 1. The topological polar surface area (TPSA) is 121 Å². The Labute approximate surface area is 194 Å². The van der Waals surface area contributed by atoms with Crippen LogP contribution in [0.15, 0.2) is 73.1 Å². The molecule has 0 spiro atoms. The number of nitrogens with zero attached hydrogens (tertiary/aromatic N) is 4. The Balaban J connectivity index is 1.75. The number of hydrogen-bond donors (Lipinski definition) is 1. The maximum Gasteiger partial charge on any atom is 0.270 e. The van der Waals surface area contributed by atoms with Crippen LogP contribution in [0.2, 0.25) is 0 Å². The molecule has 0 radical (unpaired) electrons. The molecule has 2 heterocycles. The summed E-state index contributed by atoms with van der Waals surface area (Å²) in [6, 6.07) is 16.4. The summed E-state index contributed by atoms with van der Waals surface area (Å²) in [5, 5.41) is 18.5. The molecule has 0 saturated heterocycles. The summed E-state index contributed by atoms with van der Waals surface area (Å²) in [7, 11) is 3.09. The summed E-state index contributed by atoms with van der Waals surface area (Å²) >= 11 is 0. The number of pyridine rings is 1. The molecule has 2 aromatic carbocycles. The predicted molar refractivity (Wildman–Crippen MR) is 124 cm³/mol. The van der Waals surface area contributed by atoms with E-state index in [1.165, 1.54) is 36.1 Å². The van der Waals surface area contributed by atoms with E-state index in [4.69, 9.17) is 9.47 Å². The molecule has 0 aliphatic rings. The number of carbonyl (C=O) groups is 1. The van der Waals surface area contributed by atoms with Crippen LogP contribution in [0.5, 0.6) is 11.5 Å². The summed E-state index contributed by atoms with van der Waals surface area (Å²) in [4.78, 5) is 27.7. The fourth-order valence-electron chi connectivity index (χ4n) is 3.37. The summed E-state index contributed by atoms with van der Waals surface area (Å²) < 4.78 is 12.2. The van der Waals surface area contributed by atoms with Gasteiger partial charge in [-0.15, -0.1) is 0 Å². The number of benzene rings is 2. The summed E-state index contributed by atoms with van der Waals surface area (Å²) in [6.45, 7) is 0.277. The van der Waals surface area contributed by atoms with Crippen LogP contribution < -0.4 is 14.8 Å². The first-order chi connectivity index (χ1) is 16.5. The van der Waals surface area contributed by atoms with Gasteiger partial charge >= 0.3 is 0 Å². The van der Waals surface area contributed by atoms with Crippen LogP contribution in [-0.4, -0.2) is 39.8 Å². The van der Waals surface area contributed by atoms with Crippen molar-refractivity contribution in [3.05, 3.63) is 94.4 Å². The maximum absolute atomic E-state index is 13.1. The number of rotatable bonds is 8. The second kappa shape index (κ2) is 9.82. The van der Waals surface area contributed by atoms with Crippen LogP contribution in [0.3, 0.4) is 0 Å². The van der Waals surface area contributed by atoms with E-state index in [9.17, 15) is 14.9 Å². The smallest absolute Gasteiger partial charge is 0.270 e. The Morgan fingerprint density at radius 3 is 2.53 bits per heavy atom. The van der Waals surface area contributed by atoms with Crippen molar-refractivity contribution < 1.29 is 19.2 Å². The minimum Gasteiger partial charge on any atom is -0.497 e. The summed E-state index contributed by atoms with van der Waals surface area (Å²) in [5.74, 6) is 0.772. The van der Waals surface area contributed by atoms with E-state index < -0.39 is 4.92 Å². The Bertz CT molecular complexity index is 1320. The first-order valence-corrected chi connectivity index (χ1v) is 10.2. The minimum atomic E-state index is -0.484. The molecule has 4 aromatic rings. The normalized spacial score (nSPS) is 10.5. The lowest BCUT2D eigenvalue weighted by atomic mass is 10.1. The van der Waals surface area contributed by atoms with Gasteiger partial charge in [-0.25, -0.2) is 4.68 Å². The van der Waals surface area contributed by atoms with Gasteiger partial charge in [0.1, 0.15) is 17.2 Å². The monoisotopic (exact) mass is 459 g/mol. The van der Waals surface area contributed by atoms with Gasteiger partial charge in [0.15, 0.2) is 0 Å². The Kier molecular flexibility index (Phi) is 6.49. The van der Waals surface area contributed by atoms with Crippen molar-refractivity contribution in [1.82, 2.24) is 20.1 Å². The lowest BCUT2D eigenvalue weighted by Crippen LogP contribution is -2.25. The highest BCUT2D eigenvalue weighted by atomic mass is 16.6. The van der Waals surface area contributed by atoms with Gasteiger partial charge in [-0.1, -0.05) is 6.07 Å². The van der Waals surface area contributed by atoms with E-state index in [1.807, 2.05) is 6.07 Å². The molecule has 0 saturated carbocycles. The number of carbonyl (C=O) groups excluding carboxylic acids is 1. The molecule has 172 valence electrons. The summed E-state index contributed by atoms with van der Waals surface area (Å²) in [6.07, 6.45) is 3.32. The van der Waals surface area contributed by atoms with Crippen molar-refractivity contribution in [2.75, 3.05) is 14.2 Å². The lowest BCUT2D eigenvalue weighted by molar-refractivity contribution is -0.384. The first kappa shape index (κ1) is 22.5. The maximum atomic E-state index is 13.1. The van der Waals surface area contributed by atoms with Gasteiger partial charge < -0.3 is 14.8 Å². The van der Waals surface area contributed by atoms with Crippen LogP contribution in [0.25, 0.3) is 16.9 Å². The molecule has 0 atom stereocenters. The van der Waals surface area contributed by atoms with E-state index >= 15 is 0 Å². The second-order valence-corrected chi connectivity index (χ2v) is 7.21. The number of methoxy groups -OCH3 is 2. The van der Waals surface area contributed by atoms with E-state index in [1.54, 1.807) is 49.8 Å². The number of aromatic nitrogens is 3. The van der Waals surface area contributed by atoms with Gasteiger partial charge in [-0.2, -0.15) is 5.10 Å². The average Bonchev–Trinajstić information content (AvgIpc) is 3.33. The third-order valence-corrected chi connectivity index (χ3v) is 5.11. The van der Waals surface area contributed by atoms with Crippen molar-refractivity contribution >= 4 is 11.6 Å². The molecule has 1 amide bonds. The van der Waals surface area contributed by atoms with E-state index in [2.05, 4.69) is 15.4 Å². The molecular weight excluding hydrogens is 438 g/mol. The largest absolute Gasteiger partial charge is 0.497 e. The molecule has 0 aliphatic carbocycles. The third kappa shape index (κ3) is 4.70. The number of nitro benzene ring substituents is 1. The SMILES string of the molecule is COc1ccc(-c2cc(C(=O)NCc3cccnc3)n(-c3ccc([N+](=O)[O-])cc3)n2)c(OC)c1. The Morgan fingerprint density at radius 1 is 1.09 bits per heavy atom. The van der Waals surface area contributed by atoms with Gasteiger partial charge in [0.05, 0.1) is 30.5 Å². The highest BCUT2D eigenvalue weighted by molar-refractivity contribution is 5.94. The molecule has 0 unspecified atom stereocenters. The zero-order chi connectivity index (χ0) is 24.1. The van der Waals surface area contributed by atoms with Crippen molar-refractivity contribution in [3.63, 3.8) is 0 Å². The first-order valence-electron chi connectivity index (χ1n) is 10.2. The van der Waals surface area contributed by atoms with Gasteiger partial charge in [0, 0.05) is 42.7 Å². The van der Waals surface area contributed by atoms with Gasteiger partial charge in [0.2, 0.25) is 0 Å². The number of hydrogen-bond acceptors (Lipinski definition) is 7. The van der Waals surface area contributed by atoms with E-state index in [0.29, 0.717) is 28.4 Å². The molecule has 10 nitrogen and oxygen atoms in total. The zero-order valence-corrected chi connectivity index (χ0v) is 18.5. The predicted octanol–water partition coefficient (Wildman–Crippen LogP) is 3.79. The standard InChI is InChI=1S/C24H21N5O5/c1-33-19-9-10-20(23(12-19)34-2)21-13-22(24(30)26-15-16-4-3-11-25-14-16)28(27-21)17-5-7-18(8-6-17)29(31)32/h3-14H,15H2,1-2H3,(H,26,30). The van der Waals surface area contributed by atoms with Gasteiger partial charge in [0.25, 0.3) is 11.6 Å². The van der Waals surface area contributed by atoms with Gasteiger partial charge in [-0.3, -0.25) is 19.9 Å². The molecule has 1 N–H and O–H groups in total. The fourth-order valence-corrected chi connectivity index (χ4v) is 3.37. The summed E-state index contributed by atoms with van der Waals surface area (Å²) in [5.41, 5.74) is 2.68. The quantitative estimate of drug-likeness (QED) is 0.314.